The summed E-state index contributed by atoms with van der Waals surface area (Å²) in [5.41, 5.74) is 6.95. The zero-order valence-corrected chi connectivity index (χ0v) is 16.1. The number of hydrogen-bond acceptors (Lipinski definition) is 2. The van der Waals surface area contributed by atoms with Crippen molar-refractivity contribution < 1.29 is 67.8 Å². The van der Waals surface area contributed by atoms with Gasteiger partial charge in [0.2, 0.25) is 5.91 Å². The second kappa shape index (κ2) is 15.0. The number of nitrogens with one attached hydrogen (secondary N) is 2. The first-order valence-electron chi connectivity index (χ1n) is 6.13. The fraction of sp³-hybridized carbons (Fsp3) is 0.833. The molecule has 0 aromatic rings. The Labute approximate surface area is 153 Å². The summed E-state index contributed by atoms with van der Waals surface area (Å²) in [6, 6.07) is 0. The molecular weight excluding hydrogens is 290 g/mol. The van der Waals surface area contributed by atoms with Gasteiger partial charge in [-0.05, 0) is 12.8 Å². The van der Waals surface area contributed by atoms with Crippen LogP contribution >= 0.6 is 0 Å². The normalized spacial score (nSPS) is 9.53. The fourth-order valence-corrected chi connectivity index (χ4v) is 1.37. The minimum atomic E-state index is 0. The quantitative estimate of drug-likeness (QED) is 0.551. The van der Waals surface area contributed by atoms with Crippen LogP contribution in [0, 0.1) is 0 Å². The van der Waals surface area contributed by atoms with Crippen molar-refractivity contribution in [3.8, 4) is 0 Å². The molecule has 17 heavy (non-hydrogen) atoms. The van der Waals surface area contributed by atoms with E-state index in [1.807, 2.05) is 6.92 Å². The van der Waals surface area contributed by atoms with Crippen molar-refractivity contribution in [2.45, 2.75) is 51.9 Å². The van der Waals surface area contributed by atoms with Gasteiger partial charge < -0.3 is 11.1 Å². The number of rotatable bonds is 10. The van der Waals surface area contributed by atoms with Gasteiger partial charge in [0.15, 0.2) is 0 Å². The number of ketones is 1. The molecule has 0 saturated heterocycles. The van der Waals surface area contributed by atoms with Gasteiger partial charge in [0.1, 0.15) is 5.78 Å². The van der Waals surface area contributed by atoms with Crippen LogP contribution in [0.4, 0.5) is 0 Å². The predicted octanol–water partition coefficient (Wildman–Crippen LogP) is -0.521. The molecule has 0 unspecified atom stereocenters. The first kappa shape index (κ1) is 20.2. The minimum Gasteiger partial charge on any atom is -0.677 e. The van der Waals surface area contributed by atoms with Crippen molar-refractivity contribution in [1.82, 2.24) is 5.32 Å². The zero-order chi connectivity index (χ0) is 12.2. The molecule has 0 aliphatic rings. The van der Waals surface area contributed by atoms with E-state index in [2.05, 4.69) is 5.32 Å². The third kappa shape index (κ3) is 14.8. The van der Waals surface area contributed by atoms with Gasteiger partial charge >= 0.3 is 58.2 Å². The Bertz CT molecular complexity index is 211. The van der Waals surface area contributed by atoms with Crippen LogP contribution in [0.25, 0.3) is 5.73 Å². The third-order valence-corrected chi connectivity index (χ3v) is 2.43. The number of amides is 1. The van der Waals surface area contributed by atoms with Crippen LogP contribution in [-0.4, -0.2) is 24.8 Å². The first-order valence-corrected chi connectivity index (χ1v) is 6.13. The Morgan fingerprint density at radius 3 is 2.35 bits per heavy atom. The molecule has 0 saturated carbocycles. The molecule has 1 amide bonds. The van der Waals surface area contributed by atoms with E-state index in [9.17, 15) is 9.59 Å². The second-order valence-electron chi connectivity index (χ2n) is 3.91. The molecule has 2 N–H and O–H groups in total. The van der Waals surface area contributed by atoms with Crippen molar-refractivity contribution in [3.63, 3.8) is 0 Å². The van der Waals surface area contributed by atoms with Crippen molar-refractivity contribution in [2.75, 3.05) is 13.1 Å². The second-order valence-corrected chi connectivity index (χ2v) is 3.91. The van der Waals surface area contributed by atoms with E-state index in [-0.39, 0.29) is 69.9 Å². The SMILES string of the molecule is CCC(=O)CCCNC(=O)CCCCC[NH-].[Rb+]. The summed E-state index contributed by atoms with van der Waals surface area (Å²) in [5.74, 6) is 0.318. The van der Waals surface area contributed by atoms with E-state index in [0.717, 1.165) is 25.7 Å². The average molecular weight is 313 g/mol. The molecule has 0 aliphatic heterocycles. The monoisotopic (exact) mass is 312 g/mol. The zero-order valence-electron chi connectivity index (χ0n) is 11.2. The summed E-state index contributed by atoms with van der Waals surface area (Å²) >= 11 is 0. The fourth-order valence-electron chi connectivity index (χ4n) is 1.37. The molecule has 0 rings (SSSR count). The maximum atomic E-state index is 11.3. The largest absolute Gasteiger partial charge is 1.00 e. The summed E-state index contributed by atoms with van der Waals surface area (Å²) < 4.78 is 0. The smallest absolute Gasteiger partial charge is 0.677 e. The van der Waals surface area contributed by atoms with E-state index in [1.165, 1.54) is 0 Å². The Morgan fingerprint density at radius 2 is 1.76 bits per heavy atom. The van der Waals surface area contributed by atoms with Crippen LogP contribution in [0.5, 0.6) is 0 Å². The van der Waals surface area contributed by atoms with Gasteiger partial charge in [-0.15, -0.1) is 0 Å². The summed E-state index contributed by atoms with van der Waals surface area (Å²) in [6.07, 6.45) is 5.12. The molecule has 94 valence electrons. The molecular formula is C12H23N2O2Rb. The topological polar surface area (TPSA) is 70.0 Å². The Kier molecular flexibility index (Phi) is 17.8. The van der Waals surface area contributed by atoms with E-state index >= 15 is 0 Å². The van der Waals surface area contributed by atoms with Crippen LogP contribution in [0.1, 0.15) is 51.9 Å². The molecule has 5 heteroatoms. The Morgan fingerprint density at radius 1 is 1.06 bits per heavy atom. The van der Waals surface area contributed by atoms with Crippen molar-refractivity contribution in [3.05, 3.63) is 5.73 Å². The summed E-state index contributed by atoms with van der Waals surface area (Å²) in [5, 5.41) is 2.80. The molecule has 0 aromatic heterocycles. The standard InChI is InChI=1S/C12H23N2O2.Rb/c1-2-11(15)7-6-10-14-12(16)8-4-3-5-9-13;/h13H,2-10H2,1H3,(H,14,16);/q-1;+1. The van der Waals surface area contributed by atoms with Gasteiger partial charge in [-0.3, -0.25) is 9.59 Å². The van der Waals surface area contributed by atoms with Gasteiger partial charge in [-0.2, -0.15) is 6.54 Å². The Balaban J connectivity index is 0. The molecule has 4 nitrogen and oxygen atoms in total. The molecule has 0 bridgehead atoms. The predicted molar refractivity (Wildman–Crippen MR) is 65.2 cm³/mol. The van der Waals surface area contributed by atoms with Crippen LogP contribution < -0.4 is 63.5 Å². The number of unbranched alkanes of at least 4 members (excludes halogenated alkanes) is 2. The average Bonchev–Trinajstić information content (AvgIpc) is 2.30. The maximum absolute atomic E-state index is 11.3. The van der Waals surface area contributed by atoms with Gasteiger partial charge in [-0.1, -0.05) is 19.8 Å². The van der Waals surface area contributed by atoms with Gasteiger partial charge in [0.05, 0.1) is 0 Å². The van der Waals surface area contributed by atoms with Gasteiger partial charge in [0, 0.05) is 25.8 Å². The third-order valence-electron chi connectivity index (χ3n) is 2.43. The summed E-state index contributed by atoms with van der Waals surface area (Å²) in [4.78, 5) is 22.2. The molecule has 0 heterocycles. The molecule has 0 aliphatic carbocycles. The van der Waals surface area contributed by atoms with Crippen molar-refractivity contribution >= 4 is 11.7 Å². The van der Waals surface area contributed by atoms with Crippen molar-refractivity contribution in [2.24, 2.45) is 0 Å². The minimum absolute atomic E-state index is 0. The van der Waals surface area contributed by atoms with E-state index < -0.39 is 0 Å². The Hall–Kier alpha value is 0.905. The van der Waals surface area contributed by atoms with Crippen LogP contribution in [0.2, 0.25) is 0 Å². The van der Waals surface area contributed by atoms with Crippen LogP contribution in [0.15, 0.2) is 0 Å². The molecule has 0 spiro atoms. The maximum Gasteiger partial charge on any atom is 1.00 e. The van der Waals surface area contributed by atoms with Crippen LogP contribution in [-0.2, 0) is 9.59 Å². The molecule has 0 radical (unpaired) electrons. The summed E-state index contributed by atoms with van der Waals surface area (Å²) in [7, 11) is 0. The summed E-state index contributed by atoms with van der Waals surface area (Å²) in [6.45, 7) is 2.90. The first-order chi connectivity index (χ1) is 7.70. The van der Waals surface area contributed by atoms with Crippen LogP contribution in [0.3, 0.4) is 0 Å². The number of carbonyl (C=O) groups is 2. The van der Waals surface area contributed by atoms with Gasteiger partial charge in [-0.25, -0.2) is 0 Å². The number of carbonyl (C=O) groups excluding carboxylic acids is 2. The van der Waals surface area contributed by atoms with E-state index in [0.29, 0.717) is 32.4 Å². The van der Waals surface area contributed by atoms with Crippen molar-refractivity contribution in [1.29, 1.82) is 0 Å². The molecule has 0 atom stereocenters. The van der Waals surface area contributed by atoms with E-state index in [4.69, 9.17) is 5.73 Å². The van der Waals surface area contributed by atoms with E-state index in [1.54, 1.807) is 0 Å². The molecule has 0 fully saturated rings. The van der Waals surface area contributed by atoms with Gasteiger partial charge in [0.25, 0.3) is 0 Å². The number of Topliss-reactive ketones (excluding diaryl/α,β-unsaturated/α-hetero) is 1. The molecule has 0 aromatic carbocycles. The number of hydrogen-bond donors (Lipinski definition) is 1.